The number of nitro groups is 1. The van der Waals surface area contributed by atoms with Crippen LogP contribution in [0.5, 0.6) is 0 Å². The van der Waals surface area contributed by atoms with E-state index < -0.39 is 11.9 Å². The molecule has 1 saturated heterocycles. The first-order valence-corrected chi connectivity index (χ1v) is 7.47. The van der Waals surface area contributed by atoms with Crippen molar-refractivity contribution in [2.45, 2.75) is 6.42 Å². The molecular formula is C16H14N4O5. The maximum Gasteiger partial charge on any atom is 0.344 e. The van der Waals surface area contributed by atoms with Crippen LogP contribution in [0.25, 0.3) is 11.3 Å². The third-order valence-corrected chi connectivity index (χ3v) is 3.55. The quantitative estimate of drug-likeness (QED) is 0.371. The Morgan fingerprint density at radius 3 is 2.64 bits per heavy atom. The molecule has 0 saturated carbocycles. The zero-order valence-electron chi connectivity index (χ0n) is 13.0. The number of urea groups is 1. The Hall–Kier alpha value is -3.49. The molecule has 0 spiro atoms. The predicted molar refractivity (Wildman–Crippen MR) is 87.5 cm³/mol. The van der Waals surface area contributed by atoms with Gasteiger partial charge in [-0.1, -0.05) is 24.3 Å². The fourth-order valence-electron chi connectivity index (χ4n) is 2.28. The maximum absolute atomic E-state index is 11.4. The maximum atomic E-state index is 11.4. The van der Waals surface area contributed by atoms with Crippen molar-refractivity contribution in [3.05, 3.63) is 57.8 Å². The second kappa shape index (κ2) is 6.95. The molecule has 9 nitrogen and oxygen atoms in total. The molecule has 0 unspecified atom stereocenters. The van der Waals surface area contributed by atoms with Crippen LogP contribution >= 0.6 is 0 Å². The van der Waals surface area contributed by atoms with Gasteiger partial charge in [0.25, 0.3) is 0 Å². The molecule has 1 fully saturated rings. The van der Waals surface area contributed by atoms with Gasteiger partial charge in [0, 0.05) is 16.9 Å². The average molecular weight is 342 g/mol. The van der Waals surface area contributed by atoms with E-state index in [1.54, 1.807) is 12.1 Å². The highest BCUT2D eigenvalue weighted by atomic mass is 16.6. The molecule has 0 aliphatic carbocycles. The summed E-state index contributed by atoms with van der Waals surface area (Å²) in [5, 5.41) is 17.4. The van der Waals surface area contributed by atoms with Crippen molar-refractivity contribution in [3.8, 4) is 11.3 Å². The summed E-state index contributed by atoms with van der Waals surface area (Å²) in [6.07, 6.45) is 1.73. The van der Waals surface area contributed by atoms with Crippen LogP contribution in [0.15, 0.2) is 45.9 Å². The largest absolute Gasteiger partial charge is 0.455 e. The summed E-state index contributed by atoms with van der Waals surface area (Å²) in [5.74, 6) is 0.628. The number of hydrogen-bond donors (Lipinski definition) is 1. The minimum absolute atomic E-state index is 0.104. The molecule has 9 heteroatoms. The molecular weight excluding hydrogens is 328 g/mol. The Labute approximate surface area is 142 Å². The minimum atomic E-state index is -0.571. The standard InChI is InChI=1S/C16H14N4O5/c21-15-10-19(16(22)18-15)17-9-13-5-6-14(25-13)12-3-1-11(2-4-12)7-8-20(23)24/h1-6,9H,7-8,10H2,(H,18,21,22)/b17-9+. The molecule has 0 bridgehead atoms. The molecule has 3 amide bonds. The highest BCUT2D eigenvalue weighted by molar-refractivity contribution is 6.02. The van der Waals surface area contributed by atoms with Gasteiger partial charge in [-0.2, -0.15) is 5.10 Å². The zero-order chi connectivity index (χ0) is 17.8. The van der Waals surface area contributed by atoms with Gasteiger partial charge in [-0.3, -0.25) is 20.2 Å². The van der Waals surface area contributed by atoms with Gasteiger partial charge >= 0.3 is 6.03 Å². The molecule has 2 aromatic rings. The SMILES string of the molecule is O=C1CN(/N=C/c2ccc(-c3ccc(CC[N+](=O)[O-])cc3)o2)C(=O)N1. The van der Waals surface area contributed by atoms with Crippen molar-refractivity contribution in [2.75, 3.05) is 13.1 Å². The number of amides is 3. The number of hydrogen-bond acceptors (Lipinski definition) is 6. The highest BCUT2D eigenvalue weighted by Crippen LogP contribution is 2.22. The van der Waals surface area contributed by atoms with Crippen molar-refractivity contribution in [2.24, 2.45) is 5.10 Å². The van der Waals surface area contributed by atoms with E-state index in [0.717, 1.165) is 16.1 Å². The van der Waals surface area contributed by atoms with E-state index in [1.165, 1.54) is 6.21 Å². The number of carbonyl (C=O) groups excluding carboxylic acids is 2. The summed E-state index contributed by atoms with van der Waals surface area (Å²) in [6.45, 7) is -0.220. The lowest BCUT2D eigenvalue weighted by molar-refractivity contribution is -0.479. The topological polar surface area (TPSA) is 118 Å². The van der Waals surface area contributed by atoms with E-state index in [0.29, 0.717) is 17.9 Å². The molecule has 1 N–H and O–H groups in total. The van der Waals surface area contributed by atoms with E-state index in [1.807, 2.05) is 24.3 Å². The summed E-state index contributed by atoms with van der Waals surface area (Å²) in [5.41, 5.74) is 1.69. The molecule has 1 aliphatic heterocycles. The van der Waals surface area contributed by atoms with Gasteiger partial charge in [-0.25, -0.2) is 9.80 Å². The van der Waals surface area contributed by atoms with Gasteiger partial charge in [0.2, 0.25) is 12.5 Å². The summed E-state index contributed by atoms with van der Waals surface area (Å²) >= 11 is 0. The van der Waals surface area contributed by atoms with E-state index in [9.17, 15) is 19.7 Å². The zero-order valence-corrected chi connectivity index (χ0v) is 13.0. The Morgan fingerprint density at radius 2 is 2.00 bits per heavy atom. The smallest absolute Gasteiger partial charge is 0.344 e. The van der Waals surface area contributed by atoms with Gasteiger partial charge < -0.3 is 4.42 Å². The van der Waals surface area contributed by atoms with Crippen molar-refractivity contribution >= 4 is 18.2 Å². The van der Waals surface area contributed by atoms with Gasteiger partial charge in [-0.05, 0) is 17.7 Å². The fraction of sp³-hybridized carbons (Fsp3) is 0.188. The van der Waals surface area contributed by atoms with Crippen LogP contribution in [0.3, 0.4) is 0 Å². The highest BCUT2D eigenvalue weighted by Gasteiger charge is 2.26. The monoisotopic (exact) mass is 342 g/mol. The molecule has 0 radical (unpaired) electrons. The van der Waals surface area contributed by atoms with Crippen LogP contribution in [0.1, 0.15) is 11.3 Å². The molecule has 1 aromatic heterocycles. The number of imide groups is 1. The number of furan rings is 1. The summed E-state index contributed by atoms with van der Waals surface area (Å²) in [6, 6.07) is 10.1. The Kier molecular flexibility index (Phi) is 4.55. The molecule has 1 aromatic carbocycles. The van der Waals surface area contributed by atoms with Crippen LogP contribution in [0.2, 0.25) is 0 Å². The van der Waals surface area contributed by atoms with E-state index >= 15 is 0 Å². The third-order valence-electron chi connectivity index (χ3n) is 3.55. The lowest BCUT2D eigenvalue weighted by atomic mass is 10.1. The summed E-state index contributed by atoms with van der Waals surface area (Å²) in [4.78, 5) is 32.5. The van der Waals surface area contributed by atoms with Crippen molar-refractivity contribution in [1.82, 2.24) is 10.3 Å². The fourth-order valence-corrected chi connectivity index (χ4v) is 2.28. The van der Waals surface area contributed by atoms with Crippen molar-refractivity contribution in [1.29, 1.82) is 0 Å². The summed E-state index contributed by atoms with van der Waals surface area (Å²) < 4.78 is 5.63. The number of carbonyl (C=O) groups is 2. The first-order chi connectivity index (χ1) is 12.0. The van der Waals surface area contributed by atoms with Gasteiger partial charge in [0.15, 0.2) is 0 Å². The lowest BCUT2D eigenvalue weighted by Crippen LogP contribution is -2.24. The predicted octanol–water partition coefficient (Wildman–Crippen LogP) is 1.65. The normalized spacial score (nSPS) is 14.3. The van der Waals surface area contributed by atoms with Gasteiger partial charge in [0.05, 0.1) is 6.21 Å². The summed E-state index contributed by atoms with van der Waals surface area (Å²) in [7, 11) is 0. The molecule has 128 valence electrons. The lowest BCUT2D eigenvalue weighted by Gasteiger charge is -2.03. The van der Waals surface area contributed by atoms with Crippen molar-refractivity contribution < 1.29 is 18.9 Å². The van der Waals surface area contributed by atoms with Crippen LogP contribution in [-0.4, -0.2) is 41.2 Å². The first-order valence-electron chi connectivity index (χ1n) is 7.47. The molecule has 2 heterocycles. The third kappa shape index (κ3) is 4.08. The molecule has 0 atom stereocenters. The van der Waals surface area contributed by atoms with Crippen LogP contribution in [0, 0.1) is 10.1 Å². The van der Waals surface area contributed by atoms with Gasteiger partial charge in [-0.15, -0.1) is 0 Å². The Morgan fingerprint density at radius 1 is 1.24 bits per heavy atom. The number of benzene rings is 1. The Balaban J connectivity index is 1.66. The number of nitrogens with zero attached hydrogens (tertiary/aromatic N) is 3. The van der Waals surface area contributed by atoms with Crippen molar-refractivity contribution in [3.63, 3.8) is 0 Å². The minimum Gasteiger partial charge on any atom is -0.455 e. The van der Waals surface area contributed by atoms with E-state index in [2.05, 4.69) is 10.4 Å². The van der Waals surface area contributed by atoms with Crippen LogP contribution in [-0.2, 0) is 11.2 Å². The first kappa shape index (κ1) is 16.4. The number of hydrazone groups is 1. The average Bonchev–Trinajstić information content (AvgIpc) is 3.17. The molecule has 3 rings (SSSR count). The van der Waals surface area contributed by atoms with Gasteiger partial charge in [0.1, 0.15) is 18.1 Å². The molecule has 25 heavy (non-hydrogen) atoms. The molecule has 1 aliphatic rings. The number of rotatable bonds is 6. The second-order valence-corrected chi connectivity index (χ2v) is 5.36. The van der Waals surface area contributed by atoms with E-state index in [4.69, 9.17) is 4.42 Å². The Bertz CT molecular complexity index is 840. The second-order valence-electron chi connectivity index (χ2n) is 5.36. The van der Waals surface area contributed by atoms with Crippen LogP contribution in [0.4, 0.5) is 4.79 Å². The number of nitrogens with one attached hydrogen (secondary N) is 1. The van der Waals surface area contributed by atoms with E-state index in [-0.39, 0.29) is 18.0 Å². The van der Waals surface area contributed by atoms with Crippen LogP contribution < -0.4 is 5.32 Å².